The van der Waals surface area contributed by atoms with Crippen LogP contribution in [0.1, 0.15) is 20.2 Å². The third kappa shape index (κ3) is 2.06. The number of fused-ring (bicyclic) bond motifs is 1. The van der Waals surface area contributed by atoms with Crippen molar-refractivity contribution < 1.29 is 19.1 Å². The number of furan rings is 1. The van der Waals surface area contributed by atoms with Gasteiger partial charge in [-0.25, -0.2) is 4.79 Å². The van der Waals surface area contributed by atoms with Crippen LogP contribution in [0.3, 0.4) is 0 Å². The van der Waals surface area contributed by atoms with Crippen LogP contribution in [-0.4, -0.2) is 17.0 Å². The highest BCUT2D eigenvalue weighted by Gasteiger charge is 2.22. The zero-order valence-electron chi connectivity index (χ0n) is 10.1. The largest absolute Gasteiger partial charge is 0.475 e. The minimum Gasteiger partial charge on any atom is -0.475 e. The van der Waals surface area contributed by atoms with Crippen molar-refractivity contribution in [2.75, 3.05) is 5.32 Å². The van der Waals surface area contributed by atoms with E-state index in [1.54, 1.807) is 41.8 Å². The molecule has 2 N–H and O–H groups in total. The number of hydrogen-bond acceptors (Lipinski definition) is 4. The van der Waals surface area contributed by atoms with E-state index in [9.17, 15) is 9.59 Å². The van der Waals surface area contributed by atoms with Gasteiger partial charge in [0.2, 0.25) is 5.76 Å². The molecule has 0 atom stereocenters. The average molecular weight is 287 g/mol. The average Bonchev–Trinajstić information content (AvgIpc) is 3.06. The molecular formula is C14H9NO4S. The molecule has 0 saturated carbocycles. The third-order valence-corrected chi connectivity index (χ3v) is 3.64. The van der Waals surface area contributed by atoms with Crippen LogP contribution >= 0.6 is 11.3 Å². The van der Waals surface area contributed by atoms with E-state index in [2.05, 4.69) is 5.32 Å². The number of carboxylic acid groups (broad SMARTS) is 1. The number of benzene rings is 1. The van der Waals surface area contributed by atoms with Crippen LogP contribution in [0.4, 0.5) is 5.69 Å². The topological polar surface area (TPSA) is 79.5 Å². The predicted octanol–water partition coefficient (Wildman–Crippen LogP) is 3.44. The fourth-order valence-electron chi connectivity index (χ4n) is 1.90. The van der Waals surface area contributed by atoms with Crippen molar-refractivity contribution in [3.05, 3.63) is 52.4 Å². The molecule has 0 bridgehead atoms. The Morgan fingerprint density at radius 3 is 2.65 bits per heavy atom. The number of thiophene rings is 1. The van der Waals surface area contributed by atoms with Crippen LogP contribution < -0.4 is 5.32 Å². The van der Waals surface area contributed by atoms with Gasteiger partial charge in [-0.2, -0.15) is 0 Å². The summed E-state index contributed by atoms with van der Waals surface area (Å²) in [6.45, 7) is 0. The molecular weight excluding hydrogens is 278 g/mol. The van der Waals surface area contributed by atoms with Crippen molar-refractivity contribution in [1.82, 2.24) is 0 Å². The molecule has 5 nitrogen and oxygen atoms in total. The standard InChI is InChI=1S/C14H9NO4S/c16-13(10-6-3-7-20-10)15-11-8-4-1-2-5-9(8)19-12(11)14(17)18/h1-7H,(H,15,16)(H,17,18). The second kappa shape index (κ2) is 4.82. The zero-order chi connectivity index (χ0) is 14.1. The van der Waals surface area contributed by atoms with Crippen LogP contribution in [0, 0.1) is 0 Å². The lowest BCUT2D eigenvalue weighted by Gasteiger charge is -2.02. The lowest BCUT2D eigenvalue weighted by Crippen LogP contribution is -2.12. The van der Waals surface area contributed by atoms with Gasteiger partial charge in [-0.1, -0.05) is 18.2 Å². The molecule has 3 rings (SSSR count). The summed E-state index contributed by atoms with van der Waals surface area (Å²) in [6.07, 6.45) is 0. The number of hydrogen-bond donors (Lipinski definition) is 2. The summed E-state index contributed by atoms with van der Waals surface area (Å²) in [4.78, 5) is 23.8. The summed E-state index contributed by atoms with van der Waals surface area (Å²) in [6, 6.07) is 10.3. The maximum atomic E-state index is 12.1. The smallest absolute Gasteiger partial charge is 0.374 e. The second-order valence-electron chi connectivity index (χ2n) is 4.04. The quantitative estimate of drug-likeness (QED) is 0.773. The van der Waals surface area contributed by atoms with Gasteiger partial charge in [0.1, 0.15) is 11.3 Å². The second-order valence-corrected chi connectivity index (χ2v) is 4.99. The zero-order valence-corrected chi connectivity index (χ0v) is 10.9. The molecule has 1 aromatic carbocycles. The van der Waals surface area contributed by atoms with Crippen molar-refractivity contribution in [1.29, 1.82) is 0 Å². The number of amides is 1. The van der Waals surface area contributed by atoms with Gasteiger partial charge in [-0.05, 0) is 23.6 Å². The Balaban J connectivity index is 2.07. The van der Waals surface area contributed by atoms with Crippen LogP contribution in [0.5, 0.6) is 0 Å². The monoisotopic (exact) mass is 287 g/mol. The molecule has 0 fully saturated rings. The normalized spacial score (nSPS) is 10.6. The Bertz CT molecular complexity index is 789. The number of aromatic carboxylic acids is 1. The first-order valence-corrected chi connectivity index (χ1v) is 6.64. The van der Waals surface area contributed by atoms with Crippen molar-refractivity contribution in [3.8, 4) is 0 Å². The Labute approximate surface area is 117 Å². The molecule has 6 heteroatoms. The number of rotatable bonds is 3. The van der Waals surface area contributed by atoms with Gasteiger partial charge in [0, 0.05) is 5.39 Å². The molecule has 0 aliphatic carbocycles. The van der Waals surface area contributed by atoms with Gasteiger partial charge in [0.25, 0.3) is 5.91 Å². The number of nitrogens with one attached hydrogen (secondary N) is 1. The number of carbonyl (C=O) groups is 2. The minimum absolute atomic E-state index is 0.187. The Morgan fingerprint density at radius 2 is 1.95 bits per heavy atom. The van der Waals surface area contributed by atoms with Gasteiger partial charge in [-0.15, -0.1) is 11.3 Å². The lowest BCUT2D eigenvalue weighted by molar-refractivity contribution is 0.0666. The molecule has 0 unspecified atom stereocenters. The van der Waals surface area contributed by atoms with Crippen LogP contribution in [0.2, 0.25) is 0 Å². The fraction of sp³-hybridized carbons (Fsp3) is 0. The molecule has 0 spiro atoms. The van der Waals surface area contributed by atoms with Gasteiger partial charge >= 0.3 is 5.97 Å². The maximum absolute atomic E-state index is 12.1. The summed E-state index contributed by atoms with van der Waals surface area (Å²) >= 11 is 1.28. The number of carboxylic acids is 1. The highest BCUT2D eigenvalue weighted by Crippen LogP contribution is 2.31. The first-order valence-electron chi connectivity index (χ1n) is 5.76. The lowest BCUT2D eigenvalue weighted by atomic mass is 10.2. The van der Waals surface area contributed by atoms with E-state index in [0.29, 0.717) is 15.8 Å². The first kappa shape index (κ1) is 12.4. The summed E-state index contributed by atoms with van der Waals surface area (Å²) < 4.78 is 5.27. The van der Waals surface area contributed by atoms with E-state index >= 15 is 0 Å². The van der Waals surface area contributed by atoms with E-state index in [1.807, 2.05) is 0 Å². The summed E-state index contributed by atoms with van der Waals surface area (Å²) in [7, 11) is 0. The Morgan fingerprint density at radius 1 is 1.15 bits per heavy atom. The molecule has 0 aliphatic heterocycles. The van der Waals surface area contributed by atoms with Crippen molar-refractivity contribution in [2.24, 2.45) is 0 Å². The molecule has 20 heavy (non-hydrogen) atoms. The first-order chi connectivity index (χ1) is 9.66. The van der Waals surface area contributed by atoms with E-state index in [-0.39, 0.29) is 17.4 Å². The summed E-state index contributed by atoms with van der Waals surface area (Å²) in [5, 5.41) is 14.1. The third-order valence-electron chi connectivity index (χ3n) is 2.77. The Kier molecular flexibility index (Phi) is 3.00. The van der Waals surface area contributed by atoms with E-state index in [0.717, 1.165) is 0 Å². The highest BCUT2D eigenvalue weighted by molar-refractivity contribution is 7.12. The summed E-state index contributed by atoms with van der Waals surface area (Å²) in [5.74, 6) is -1.84. The minimum atomic E-state index is -1.22. The summed E-state index contributed by atoms with van der Waals surface area (Å²) in [5.41, 5.74) is 0.609. The van der Waals surface area contributed by atoms with E-state index < -0.39 is 5.97 Å². The molecule has 2 heterocycles. The molecule has 0 aliphatic rings. The van der Waals surface area contributed by atoms with Gasteiger partial charge < -0.3 is 14.8 Å². The Hall–Kier alpha value is -2.60. The number of carbonyl (C=O) groups excluding carboxylic acids is 1. The SMILES string of the molecule is O=C(Nc1c(C(=O)O)oc2ccccc12)c1cccs1. The van der Waals surface area contributed by atoms with Crippen molar-refractivity contribution >= 4 is 39.9 Å². The van der Waals surface area contributed by atoms with Gasteiger partial charge in [-0.3, -0.25) is 4.79 Å². The molecule has 100 valence electrons. The fourth-order valence-corrected chi connectivity index (χ4v) is 2.52. The van der Waals surface area contributed by atoms with Crippen LogP contribution in [-0.2, 0) is 0 Å². The van der Waals surface area contributed by atoms with Crippen LogP contribution in [0.25, 0.3) is 11.0 Å². The number of para-hydroxylation sites is 1. The van der Waals surface area contributed by atoms with Crippen molar-refractivity contribution in [3.63, 3.8) is 0 Å². The highest BCUT2D eigenvalue weighted by atomic mass is 32.1. The van der Waals surface area contributed by atoms with Crippen LogP contribution in [0.15, 0.2) is 46.2 Å². The van der Waals surface area contributed by atoms with Crippen molar-refractivity contribution in [2.45, 2.75) is 0 Å². The molecule has 0 saturated heterocycles. The molecule has 1 amide bonds. The molecule has 2 aromatic heterocycles. The maximum Gasteiger partial charge on any atom is 0.374 e. The predicted molar refractivity (Wildman–Crippen MR) is 75.4 cm³/mol. The molecule has 0 radical (unpaired) electrons. The van der Waals surface area contributed by atoms with E-state index in [1.165, 1.54) is 11.3 Å². The van der Waals surface area contributed by atoms with Gasteiger partial charge in [0.05, 0.1) is 4.88 Å². The molecule has 3 aromatic rings. The van der Waals surface area contributed by atoms with Gasteiger partial charge in [0.15, 0.2) is 0 Å². The van der Waals surface area contributed by atoms with E-state index in [4.69, 9.17) is 9.52 Å². The number of anilines is 1.